The van der Waals surface area contributed by atoms with Crippen LogP contribution in [-0.2, 0) is 4.74 Å². The van der Waals surface area contributed by atoms with Gasteiger partial charge in [0.05, 0.1) is 19.3 Å². The fourth-order valence-corrected chi connectivity index (χ4v) is 4.13. The summed E-state index contributed by atoms with van der Waals surface area (Å²) in [5.74, 6) is 4.84. The highest BCUT2D eigenvalue weighted by molar-refractivity contribution is 5.84. The van der Waals surface area contributed by atoms with Gasteiger partial charge in [0.1, 0.15) is 5.60 Å². The van der Waals surface area contributed by atoms with Crippen LogP contribution in [0.1, 0.15) is 50.3 Å². The van der Waals surface area contributed by atoms with Crippen LogP contribution in [0.25, 0.3) is 0 Å². The highest BCUT2D eigenvalue weighted by Crippen LogP contribution is 2.23. The zero-order valence-electron chi connectivity index (χ0n) is 21.1. The third-order valence-corrected chi connectivity index (χ3v) is 6.05. The van der Waals surface area contributed by atoms with E-state index < -0.39 is 17.2 Å². The van der Waals surface area contributed by atoms with E-state index in [1.54, 1.807) is 16.0 Å². The number of hydrogen-bond acceptors (Lipinski definition) is 6. The van der Waals surface area contributed by atoms with Gasteiger partial charge in [-0.15, -0.1) is 0 Å². The normalized spacial score (nSPS) is 16.3. The van der Waals surface area contributed by atoms with E-state index in [2.05, 4.69) is 34.0 Å². The first-order chi connectivity index (χ1) is 17.2. The number of carbonyl (C=O) groups excluding carboxylic acids is 1. The van der Waals surface area contributed by atoms with E-state index in [0.717, 1.165) is 18.7 Å². The van der Waals surface area contributed by atoms with Crippen molar-refractivity contribution in [3.05, 3.63) is 58.9 Å². The first kappa shape index (κ1) is 25.4. The summed E-state index contributed by atoms with van der Waals surface area (Å²) in [4.78, 5) is 16.2. The molecule has 1 N–H and O–H groups in total. The summed E-state index contributed by atoms with van der Waals surface area (Å²) in [6, 6.07) is 10.9. The molecule has 2 saturated heterocycles. The van der Waals surface area contributed by atoms with Crippen LogP contribution in [0.4, 0.5) is 14.9 Å². The first-order valence-electron chi connectivity index (χ1n) is 12.3. The molecular formula is C28H33FN4O3. The number of piperazine rings is 1. The third-order valence-electron chi connectivity index (χ3n) is 6.05. The molecule has 36 heavy (non-hydrogen) atoms. The maximum Gasteiger partial charge on any atom is 0.410 e. The number of anilines is 1. The molecule has 2 fully saturated rings. The molecule has 7 nitrogen and oxygen atoms in total. The average Bonchev–Trinajstić information content (AvgIpc) is 3.38. The summed E-state index contributed by atoms with van der Waals surface area (Å²) >= 11 is 0. The smallest absolute Gasteiger partial charge is 0.410 e. The predicted molar refractivity (Wildman–Crippen MR) is 139 cm³/mol. The minimum Gasteiger partial charge on any atom is -0.504 e. The number of nitrogens with zero attached hydrogens (tertiary/aromatic N) is 4. The molecule has 1 amide bonds. The molecule has 0 aromatic heterocycles. The van der Waals surface area contributed by atoms with Crippen LogP contribution in [0.2, 0.25) is 0 Å². The molecule has 190 valence electrons. The van der Waals surface area contributed by atoms with E-state index in [4.69, 9.17) is 4.74 Å². The summed E-state index contributed by atoms with van der Waals surface area (Å²) in [5, 5.41) is 16.3. The van der Waals surface area contributed by atoms with E-state index in [9.17, 15) is 14.3 Å². The minimum absolute atomic E-state index is 0.248. The number of phenolic OH excluding ortho intramolecular Hbond substituents is 1. The number of rotatable bonds is 3. The summed E-state index contributed by atoms with van der Waals surface area (Å²) in [6.07, 6.45) is 3.53. The Labute approximate surface area is 212 Å². The van der Waals surface area contributed by atoms with Crippen molar-refractivity contribution in [1.29, 1.82) is 0 Å². The van der Waals surface area contributed by atoms with Crippen molar-refractivity contribution in [2.24, 2.45) is 5.10 Å². The predicted octanol–water partition coefficient (Wildman–Crippen LogP) is 4.42. The van der Waals surface area contributed by atoms with Gasteiger partial charge in [0, 0.05) is 48.6 Å². The molecule has 0 radical (unpaired) electrons. The molecule has 0 unspecified atom stereocenters. The van der Waals surface area contributed by atoms with E-state index in [-0.39, 0.29) is 11.7 Å². The van der Waals surface area contributed by atoms with Crippen LogP contribution in [-0.4, -0.2) is 72.2 Å². The highest BCUT2D eigenvalue weighted by Gasteiger charge is 2.25. The Kier molecular flexibility index (Phi) is 7.68. The van der Waals surface area contributed by atoms with Crippen LogP contribution >= 0.6 is 0 Å². The molecule has 0 saturated carbocycles. The van der Waals surface area contributed by atoms with Gasteiger partial charge in [0.15, 0.2) is 11.6 Å². The van der Waals surface area contributed by atoms with Gasteiger partial charge in [-0.1, -0.05) is 11.8 Å². The molecule has 0 aliphatic carbocycles. The van der Waals surface area contributed by atoms with E-state index in [0.29, 0.717) is 31.7 Å². The van der Waals surface area contributed by atoms with Crippen molar-refractivity contribution >= 4 is 18.0 Å². The molecule has 2 aromatic carbocycles. The van der Waals surface area contributed by atoms with E-state index in [1.807, 2.05) is 32.9 Å². The third kappa shape index (κ3) is 6.69. The zero-order chi connectivity index (χ0) is 25.7. The largest absolute Gasteiger partial charge is 0.504 e. The van der Waals surface area contributed by atoms with Crippen molar-refractivity contribution in [2.45, 2.75) is 39.2 Å². The Bertz CT molecular complexity index is 1160. The summed E-state index contributed by atoms with van der Waals surface area (Å²) in [5.41, 5.74) is 2.19. The number of ether oxygens (including phenoxy) is 1. The lowest BCUT2D eigenvalue weighted by atomic mass is 10.1. The van der Waals surface area contributed by atoms with Crippen molar-refractivity contribution < 1.29 is 19.0 Å². The maximum atomic E-state index is 14.4. The van der Waals surface area contributed by atoms with Gasteiger partial charge in [-0.3, -0.25) is 5.01 Å². The Morgan fingerprint density at radius 3 is 2.28 bits per heavy atom. The Hall–Kier alpha value is -3.73. The van der Waals surface area contributed by atoms with Crippen molar-refractivity contribution in [3.8, 4) is 17.6 Å². The Morgan fingerprint density at radius 1 is 1.00 bits per heavy atom. The summed E-state index contributed by atoms with van der Waals surface area (Å²) in [6.45, 7) is 9.62. The molecular weight excluding hydrogens is 459 g/mol. The fourth-order valence-electron chi connectivity index (χ4n) is 4.13. The van der Waals surface area contributed by atoms with Gasteiger partial charge >= 0.3 is 6.09 Å². The zero-order valence-corrected chi connectivity index (χ0v) is 21.1. The van der Waals surface area contributed by atoms with Gasteiger partial charge in [0.25, 0.3) is 0 Å². The summed E-state index contributed by atoms with van der Waals surface area (Å²) < 4.78 is 19.8. The fraction of sp³-hybridized carbons (Fsp3) is 0.429. The topological polar surface area (TPSA) is 68.6 Å². The number of amides is 1. The number of phenols is 1. The van der Waals surface area contributed by atoms with Crippen molar-refractivity contribution in [2.75, 3.05) is 44.2 Å². The molecule has 0 atom stereocenters. The standard InChI is InChI=1S/C28H33FN4O3/c1-28(2,3)36-27(35)32-14-16-33(17-15-32)30-20-23-18-22(19-25(29)26(23)34)7-6-21-8-10-24(11-9-21)31-12-4-5-13-31/h8-11,18-20,34H,4-5,12-17H2,1-3H3/b30-20+. The van der Waals surface area contributed by atoms with Crippen LogP contribution in [0.5, 0.6) is 5.75 Å². The SMILES string of the molecule is CC(C)(C)OC(=O)N1CCN(/N=C/c2cc(C#Cc3ccc(N4CCCC4)cc3)cc(F)c2O)CC1. The van der Waals surface area contributed by atoms with Gasteiger partial charge in [-0.2, -0.15) is 5.10 Å². The van der Waals surface area contributed by atoms with Crippen molar-refractivity contribution in [1.82, 2.24) is 9.91 Å². The van der Waals surface area contributed by atoms with Gasteiger partial charge in [-0.05, 0) is 70.0 Å². The lowest BCUT2D eigenvalue weighted by molar-refractivity contribution is 0.0148. The molecule has 2 heterocycles. The molecule has 0 spiro atoms. The van der Waals surface area contributed by atoms with Crippen LogP contribution in [0.15, 0.2) is 41.5 Å². The van der Waals surface area contributed by atoms with E-state index >= 15 is 0 Å². The lowest BCUT2D eigenvalue weighted by Crippen LogP contribution is -2.48. The summed E-state index contributed by atoms with van der Waals surface area (Å²) in [7, 11) is 0. The number of halogens is 1. The van der Waals surface area contributed by atoms with Gasteiger partial charge < -0.3 is 19.6 Å². The van der Waals surface area contributed by atoms with Crippen LogP contribution in [0, 0.1) is 17.7 Å². The number of carbonyl (C=O) groups is 1. The number of hydrogen-bond donors (Lipinski definition) is 1. The van der Waals surface area contributed by atoms with Crippen LogP contribution in [0.3, 0.4) is 0 Å². The highest BCUT2D eigenvalue weighted by atomic mass is 19.1. The second-order valence-corrected chi connectivity index (χ2v) is 10.1. The second kappa shape index (κ2) is 10.9. The van der Waals surface area contributed by atoms with Crippen molar-refractivity contribution in [3.63, 3.8) is 0 Å². The van der Waals surface area contributed by atoms with E-state index in [1.165, 1.54) is 30.8 Å². The minimum atomic E-state index is -0.748. The molecule has 0 bridgehead atoms. The number of benzene rings is 2. The van der Waals surface area contributed by atoms with Crippen LogP contribution < -0.4 is 4.90 Å². The molecule has 4 rings (SSSR count). The monoisotopic (exact) mass is 492 g/mol. The average molecular weight is 493 g/mol. The second-order valence-electron chi connectivity index (χ2n) is 10.1. The quantitative estimate of drug-likeness (QED) is 0.508. The Balaban J connectivity index is 1.39. The molecule has 2 aromatic rings. The maximum absolute atomic E-state index is 14.4. The molecule has 2 aliphatic rings. The number of aromatic hydroxyl groups is 1. The molecule has 8 heteroatoms. The van der Waals surface area contributed by atoms with Gasteiger partial charge in [0.2, 0.25) is 0 Å². The number of hydrazone groups is 1. The lowest BCUT2D eigenvalue weighted by Gasteiger charge is -2.34. The Morgan fingerprint density at radius 2 is 1.64 bits per heavy atom. The first-order valence-corrected chi connectivity index (χ1v) is 12.3. The van der Waals surface area contributed by atoms with Gasteiger partial charge in [-0.25, -0.2) is 9.18 Å². The molecule has 2 aliphatic heterocycles.